The Morgan fingerprint density at radius 2 is 2.00 bits per heavy atom. The molecule has 24 heavy (non-hydrogen) atoms. The third-order valence-corrected chi connectivity index (χ3v) is 4.05. The number of ether oxygens (including phenoxy) is 2. The van der Waals surface area contributed by atoms with E-state index in [0.29, 0.717) is 50.0 Å². The summed E-state index contributed by atoms with van der Waals surface area (Å²) in [6.45, 7) is 3.36. The molecule has 1 atom stereocenters. The number of urea groups is 1. The number of carbonyl (C=O) groups is 1. The van der Waals surface area contributed by atoms with E-state index in [1.54, 1.807) is 29.2 Å². The predicted molar refractivity (Wildman–Crippen MR) is 92.6 cm³/mol. The van der Waals surface area contributed by atoms with E-state index >= 15 is 0 Å². The Morgan fingerprint density at radius 3 is 2.71 bits per heavy atom. The fraction of sp³-hybridized carbons (Fsp3) is 0.588. The van der Waals surface area contributed by atoms with Gasteiger partial charge in [0.15, 0.2) is 0 Å². The van der Waals surface area contributed by atoms with Crippen LogP contribution in [-0.4, -0.2) is 61.6 Å². The number of unbranched alkanes of at least 4 members (excludes halogenated alkanes) is 1. The zero-order valence-electron chi connectivity index (χ0n) is 13.7. The van der Waals surface area contributed by atoms with Crippen LogP contribution >= 0.6 is 11.6 Å². The number of morpholine rings is 1. The fourth-order valence-corrected chi connectivity index (χ4v) is 2.51. The van der Waals surface area contributed by atoms with Crippen LogP contribution in [0, 0.1) is 0 Å². The van der Waals surface area contributed by atoms with Crippen LogP contribution in [0.2, 0.25) is 5.02 Å². The monoisotopic (exact) mass is 356 g/mol. The van der Waals surface area contributed by atoms with E-state index in [4.69, 9.17) is 21.1 Å². The van der Waals surface area contributed by atoms with Gasteiger partial charge in [-0.3, -0.25) is 0 Å². The van der Waals surface area contributed by atoms with E-state index in [1.807, 2.05) is 0 Å². The molecule has 134 valence electrons. The SMILES string of the molecule is O=C(NCCCC[C@H](O)COc1ccc(Cl)cc1)N1CCOCC1. The molecule has 0 bridgehead atoms. The summed E-state index contributed by atoms with van der Waals surface area (Å²) >= 11 is 5.80. The molecule has 0 aliphatic carbocycles. The Hall–Kier alpha value is -1.50. The summed E-state index contributed by atoms with van der Waals surface area (Å²) in [6, 6.07) is 7.01. The molecule has 0 spiro atoms. The van der Waals surface area contributed by atoms with Gasteiger partial charge in [-0.1, -0.05) is 11.6 Å². The zero-order valence-corrected chi connectivity index (χ0v) is 14.5. The number of hydrogen-bond donors (Lipinski definition) is 2. The maximum atomic E-state index is 11.9. The van der Waals surface area contributed by atoms with Gasteiger partial charge in [-0.2, -0.15) is 0 Å². The minimum Gasteiger partial charge on any atom is -0.491 e. The molecule has 0 unspecified atom stereocenters. The molecule has 1 aromatic carbocycles. The van der Waals surface area contributed by atoms with Gasteiger partial charge in [0, 0.05) is 24.7 Å². The van der Waals surface area contributed by atoms with Gasteiger partial charge in [0.1, 0.15) is 12.4 Å². The van der Waals surface area contributed by atoms with E-state index in [0.717, 1.165) is 12.8 Å². The lowest BCUT2D eigenvalue weighted by atomic mass is 10.1. The van der Waals surface area contributed by atoms with Gasteiger partial charge < -0.3 is 24.8 Å². The van der Waals surface area contributed by atoms with Crippen LogP contribution in [0.5, 0.6) is 5.75 Å². The molecule has 1 aliphatic rings. The highest BCUT2D eigenvalue weighted by Crippen LogP contribution is 2.16. The molecule has 2 rings (SSSR count). The minimum absolute atomic E-state index is 0.0371. The molecule has 1 aromatic rings. The average molecular weight is 357 g/mol. The standard InChI is InChI=1S/C17H25ClN2O4/c18-14-4-6-16(7-5-14)24-13-15(21)3-1-2-8-19-17(22)20-9-11-23-12-10-20/h4-7,15,21H,1-3,8-13H2,(H,19,22)/t15-/m0/s1. The number of hydrogen-bond acceptors (Lipinski definition) is 4. The van der Waals surface area contributed by atoms with Crippen molar-refractivity contribution in [1.82, 2.24) is 10.2 Å². The van der Waals surface area contributed by atoms with Crippen molar-refractivity contribution in [3.63, 3.8) is 0 Å². The van der Waals surface area contributed by atoms with Crippen molar-refractivity contribution >= 4 is 17.6 Å². The quantitative estimate of drug-likeness (QED) is 0.701. The number of benzene rings is 1. The zero-order chi connectivity index (χ0) is 17.2. The Bertz CT molecular complexity index is 492. The molecule has 1 heterocycles. The number of carbonyl (C=O) groups excluding carboxylic acids is 1. The topological polar surface area (TPSA) is 71.0 Å². The fourth-order valence-electron chi connectivity index (χ4n) is 2.39. The van der Waals surface area contributed by atoms with E-state index in [-0.39, 0.29) is 12.6 Å². The van der Waals surface area contributed by atoms with Crippen molar-refractivity contribution < 1.29 is 19.4 Å². The number of nitrogens with one attached hydrogen (secondary N) is 1. The van der Waals surface area contributed by atoms with Crippen molar-refractivity contribution in [2.24, 2.45) is 0 Å². The van der Waals surface area contributed by atoms with Gasteiger partial charge >= 0.3 is 6.03 Å². The molecule has 7 heteroatoms. The van der Waals surface area contributed by atoms with Crippen LogP contribution in [0.4, 0.5) is 4.79 Å². The van der Waals surface area contributed by atoms with Gasteiger partial charge in [-0.05, 0) is 43.5 Å². The largest absolute Gasteiger partial charge is 0.491 e. The molecule has 1 saturated heterocycles. The Kier molecular flexibility index (Phi) is 8.15. The van der Waals surface area contributed by atoms with Gasteiger partial charge in [0.05, 0.1) is 19.3 Å². The normalized spacial score (nSPS) is 15.8. The first kappa shape index (κ1) is 18.8. The lowest BCUT2D eigenvalue weighted by molar-refractivity contribution is 0.0532. The van der Waals surface area contributed by atoms with Gasteiger partial charge in [0.25, 0.3) is 0 Å². The third kappa shape index (κ3) is 6.95. The molecule has 6 nitrogen and oxygen atoms in total. The maximum absolute atomic E-state index is 11.9. The first-order valence-electron chi connectivity index (χ1n) is 8.32. The van der Waals surface area contributed by atoms with Crippen LogP contribution in [-0.2, 0) is 4.74 Å². The van der Waals surface area contributed by atoms with Crippen LogP contribution in [0.25, 0.3) is 0 Å². The summed E-state index contributed by atoms with van der Waals surface area (Å²) in [5.74, 6) is 0.691. The highest BCUT2D eigenvalue weighted by Gasteiger charge is 2.15. The molecule has 0 radical (unpaired) electrons. The molecule has 2 N–H and O–H groups in total. The maximum Gasteiger partial charge on any atom is 0.317 e. The summed E-state index contributed by atoms with van der Waals surface area (Å²) in [4.78, 5) is 13.6. The first-order valence-corrected chi connectivity index (χ1v) is 8.70. The Balaban J connectivity index is 1.50. The molecular formula is C17H25ClN2O4. The molecule has 0 saturated carbocycles. The second kappa shape index (κ2) is 10.4. The van der Waals surface area contributed by atoms with Gasteiger partial charge in [-0.25, -0.2) is 4.79 Å². The highest BCUT2D eigenvalue weighted by atomic mass is 35.5. The summed E-state index contributed by atoms with van der Waals surface area (Å²) < 4.78 is 10.7. The Labute approximate surface area is 147 Å². The van der Waals surface area contributed by atoms with Crippen molar-refractivity contribution in [3.8, 4) is 5.75 Å². The lowest BCUT2D eigenvalue weighted by Crippen LogP contribution is -2.46. The summed E-state index contributed by atoms with van der Waals surface area (Å²) in [6.07, 6.45) is 1.78. The smallest absolute Gasteiger partial charge is 0.317 e. The minimum atomic E-state index is -0.518. The molecule has 2 amide bonds. The molecule has 1 fully saturated rings. The van der Waals surface area contributed by atoms with Gasteiger partial charge in [0.2, 0.25) is 0 Å². The number of aliphatic hydroxyl groups excluding tert-OH is 1. The van der Waals surface area contributed by atoms with Crippen LogP contribution in [0.15, 0.2) is 24.3 Å². The van der Waals surface area contributed by atoms with E-state index in [2.05, 4.69) is 5.32 Å². The summed E-state index contributed by atoms with van der Waals surface area (Å²) in [5.41, 5.74) is 0. The van der Waals surface area contributed by atoms with Crippen molar-refractivity contribution in [3.05, 3.63) is 29.3 Å². The summed E-state index contributed by atoms with van der Waals surface area (Å²) in [7, 11) is 0. The number of rotatable bonds is 8. The average Bonchev–Trinajstić information content (AvgIpc) is 2.61. The number of halogens is 1. The van der Waals surface area contributed by atoms with Crippen molar-refractivity contribution in [2.45, 2.75) is 25.4 Å². The second-order valence-corrected chi connectivity index (χ2v) is 6.18. The lowest BCUT2D eigenvalue weighted by Gasteiger charge is -2.26. The molecule has 0 aromatic heterocycles. The van der Waals surface area contributed by atoms with E-state index < -0.39 is 6.10 Å². The van der Waals surface area contributed by atoms with Crippen LogP contribution in [0.3, 0.4) is 0 Å². The molecule has 1 aliphatic heterocycles. The number of nitrogens with zero attached hydrogens (tertiary/aromatic N) is 1. The van der Waals surface area contributed by atoms with Crippen molar-refractivity contribution in [1.29, 1.82) is 0 Å². The van der Waals surface area contributed by atoms with Gasteiger partial charge in [-0.15, -0.1) is 0 Å². The number of aliphatic hydroxyl groups is 1. The Morgan fingerprint density at radius 1 is 1.29 bits per heavy atom. The number of amides is 2. The predicted octanol–water partition coefficient (Wildman–Crippen LogP) is 2.29. The molecular weight excluding hydrogens is 332 g/mol. The van der Waals surface area contributed by atoms with Crippen molar-refractivity contribution in [2.75, 3.05) is 39.5 Å². The van der Waals surface area contributed by atoms with Crippen LogP contribution in [0.1, 0.15) is 19.3 Å². The first-order chi connectivity index (χ1) is 11.6. The van der Waals surface area contributed by atoms with Crippen LogP contribution < -0.4 is 10.1 Å². The highest BCUT2D eigenvalue weighted by molar-refractivity contribution is 6.30. The van der Waals surface area contributed by atoms with E-state index in [1.165, 1.54) is 0 Å². The summed E-state index contributed by atoms with van der Waals surface area (Å²) in [5, 5.41) is 13.5. The van der Waals surface area contributed by atoms with E-state index in [9.17, 15) is 9.90 Å². The third-order valence-electron chi connectivity index (χ3n) is 3.79. The second-order valence-electron chi connectivity index (χ2n) is 5.75.